The van der Waals surface area contributed by atoms with Gasteiger partial charge >= 0.3 is 5.97 Å². The van der Waals surface area contributed by atoms with Crippen molar-refractivity contribution in [1.29, 1.82) is 0 Å². The van der Waals surface area contributed by atoms with Crippen LogP contribution in [0.5, 0.6) is 5.75 Å². The van der Waals surface area contributed by atoms with Gasteiger partial charge in [-0.2, -0.15) is 0 Å². The number of esters is 1. The number of rotatable bonds is 6. The predicted molar refractivity (Wildman–Crippen MR) is 73.6 cm³/mol. The maximum Gasteiger partial charge on any atom is 0.306 e. The highest BCUT2D eigenvalue weighted by molar-refractivity contribution is 5.69. The molecule has 19 heavy (non-hydrogen) atoms. The van der Waals surface area contributed by atoms with E-state index in [1.54, 1.807) is 7.11 Å². The van der Waals surface area contributed by atoms with Gasteiger partial charge in [0.05, 0.1) is 20.6 Å². The van der Waals surface area contributed by atoms with Crippen molar-refractivity contribution < 1.29 is 14.3 Å². The van der Waals surface area contributed by atoms with Crippen molar-refractivity contribution in [1.82, 2.24) is 5.32 Å². The highest BCUT2D eigenvalue weighted by atomic mass is 16.5. The summed E-state index contributed by atoms with van der Waals surface area (Å²) in [6, 6.07) is 6.24. The van der Waals surface area contributed by atoms with Gasteiger partial charge in [0.2, 0.25) is 0 Å². The Labute approximate surface area is 114 Å². The molecule has 0 bridgehead atoms. The summed E-state index contributed by atoms with van der Waals surface area (Å²) in [5.74, 6) is 1.29. The van der Waals surface area contributed by atoms with Crippen molar-refractivity contribution >= 4 is 5.97 Å². The summed E-state index contributed by atoms with van der Waals surface area (Å²) in [5, 5.41) is 3.33. The maximum absolute atomic E-state index is 11.0. The minimum absolute atomic E-state index is 0.170. The summed E-state index contributed by atoms with van der Waals surface area (Å²) in [6.07, 6.45) is 2.67. The number of ether oxygens (including phenoxy) is 2. The van der Waals surface area contributed by atoms with E-state index in [4.69, 9.17) is 4.74 Å². The molecule has 2 rings (SSSR count). The SMILES string of the molecule is COC(=O)CCNCC1CCc2cccc(OC)c21. The number of hydrogen-bond donors (Lipinski definition) is 1. The Balaban J connectivity index is 1.90. The molecule has 1 atom stereocenters. The third kappa shape index (κ3) is 3.26. The third-order valence-corrected chi connectivity index (χ3v) is 3.67. The Morgan fingerprint density at radius 3 is 3.00 bits per heavy atom. The number of nitrogens with one attached hydrogen (secondary N) is 1. The van der Waals surface area contributed by atoms with Crippen LogP contribution in [0.25, 0.3) is 0 Å². The summed E-state index contributed by atoms with van der Waals surface area (Å²) in [5.41, 5.74) is 2.72. The molecule has 1 N–H and O–H groups in total. The fourth-order valence-electron chi connectivity index (χ4n) is 2.70. The number of carbonyl (C=O) groups is 1. The van der Waals surface area contributed by atoms with Crippen LogP contribution in [-0.2, 0) is 16.0 Å². The first kappa shape index (κ1) is 13.9. The van der Waals surface area contributed by atoms with E-state index in [0.717, 1.165) is 25.1 Å². The highest BCUT2D eigenvalue weighted by Gasteiger charge is 2.25. The van der Waals surface area contributed by atoms with Gasteiger partial charge in [-0.3, -0.25) is 4.79 Å². The largest absolute Gasteiger partial charge is 0.496 e. The van der Waals surface area contributed by atoms with Crippen LogP contribution in [0.2, 0.25) is 0 Å². The number of aryl methyl sites for hydroxylation is 1. The molecule has 1 aliphatic rings. The van der Waals surface area contributed by atoms with E-state index in [2.05, 4.69) is 16.1 Å². The molecule has 1 aromatic carbocycles. The summed E-state index contributed by atoms with van der Waals surface area (Å²) in [7, 11) is 3.14. The predicted octanol–water partition coefficient (Wildman–Crippen LogP) is 1.88. The molecule has 0 saturated heterocycles. The maximum atomic E-state index is 11.0. The Hall–Kier alpha value is -1.55. The molecule has 0 heterocycles. The van der Waals surface area contributed by atoms with Gasteiger partial charge in [0.15, 0.2) is 0 Å². The van der Waals surface area contributed by atoms with Crippen LogP contribution in [0.15, 0.2) is 18.2 Å². The van der Waals surface area contributed by atoms with Crippen LogP contribution in [0.1, 0.15) is 29.9 Å². The Morgan fingerprint density at radius 1 is 1.42 bits per heavy atom. The molecule has 104 valence electrons. The van der Waals surface area contributed by atoms with E-state index < -0.39 is 0 Å². The average molecular weight is 263 g/mol. The van der Waals surface area contributed by atoms with Gasteiger partial charge in [-0.25, -0.2) is 0 Å². The molecule has 4 nitrogen and oxygen atoms in total. The number of methoxy groups -OCH3 is 2. The molecule has 0 saturated carbocycles. The molecular weight excluding hydrogens is 242 g/mol. The minimum Gasteiger partial charge on any atom is -0.496 e. The van der Waals surface area contributed by atoms with Crippen molar-refractivity contribution in [3.05, 3.63) is 29.3 Å². The third-order valence-electron chi connectivity index (χ3n) is 3.67. The lowest BCUT2D eigenvalue weighted by atomic mass is 10.00. The van der Waals surface area contributed by atoms with Crippen molar-refractivity contribution in [2.24, 2.45) is 0 Å². The summed E-state index contributed by atoms with van der Waals surface area (Å²) in [4.78, 5) is 11.0. The molecule has 0 fully saturated rings. The number of benzene rings is 1. The lowest BCUT2D eigenvalue weighted by Gasteiger charge is -2.15. The fraction of sp³-hybridized carbons (Fsp3) is 0.533. The normalized spacial score (nSPS) is 17.1. The van der Waals surface area contributed by atoms with E-state index in [9.17, 15) is 4.79 Å². The topological polar surface area (TPSA) is 47.6 Å². The monoisotopic (exact) mass is 263 g/mol. The first-order valence-corrected chi connectivity index (χ1v) is 6.69. The molecule has 0 aromatic heterocycles. The molecule has 0 aliphatic heterocycles. The Morgan fingerprint density at radius 2 is 2.26 bits per heavy atom. The van der Waals surface area contributed by atoms with Gasteiger partial charge in [0, 0.05) is 24.6 Å². The van der Waals surface area contributed by atoms with Crippen molar-refractivity contribution in [3.63, 3.8) is 0 Å². The quantitative estimate of drug-likeness (QED) is 0.629. The van der Waals surface area contributed by atoms with E-state index in [1.807, 2.05) is 12.1 Å². The average Bonchev–Trinajstić information content (AvgIpc) is 2.86. The van der Waals surface area contributed by atoms with E-state index >= 15 is 0 Å². The highest BCUT2D eigenvalue weighted by Crippen LogP contribution is 2.38. The first-order valence-electron chi connectivity index (χ1n) is 6.69. The molecule has 1 aromatic rings. The van der Waals surface area contributed by atoms with Gasteiger partial charge in [-0.15, -0.1) is 0 Å². The Kier molecular flexibility index (Phi) is 4.80. The molecule has 0 spiro atoms. The van der Waals surface area contributed by atoms with Gasteiger partial charge in [-0.05, 0) is 24.5 Å². The van der Waals surface area contributed by atoms with Crippen LogP contribution in [0.3, 0.4) is 0 Å². The molecule has 1 aliphatic carbocycles. The van der Waals surface area contributed by atoms with Gasteiger partial charge in [0.1, 0.15) is 5.75 Å². The summed E-state index contributed by atoms with van der Waals surface area (Å²) >= 11 is 0. The molecule has 0 amide bonds. The molecular formula is C15H21NO3. The second-order valence-corrected chi connectivity index (χ2v) is 4.80. The zero-order valence-electron chi connectivity index (χ0n) is 11.6. The van der Waals surface area contributed by atoms with Crippen molar-refractivity contribution in [2.75, 3.05) is 27.3 Å². The zero-order chi connectivity index (χ0) is 13.7. The van der Waals surface area contributed by atoms with Crippen LogP contribution in [0.4, 0.5) is 0 Å². The first-order chi connectivity index (χ1) is 9.26. The minimum atomic E-state index is -0.170. The van der Waals surface area contributed by atoms with E-state index in [0.29, 0.717) is 18.9 Å². The molecule has 1 unspecified atom stereocenters. The number of hydrogen-bond acceptors (Lipinski definition) is 4. The molecule has 0 radical (unpaired) electrons. The van der Waals surface area contributed by atoms with E-state index in [1.165, 1.54) is 18.2 Å². The summed E-state index contributed by atoms with van der Waals surface area (Å²) in [6.45, 7) is 1.54. The van der Waals surface area contributed by atoms with Crippen LogP contribution < -0.4 is 10.1 Å². The number of fused-ring (bicyclic) bond motifs is 1. The Bertz CT molecular complexity index is 445. The summed E-state index contributed by atoms with van der Waals surface area (Å²) < 4.78 is 10.1. The zero-order valence-corrected chi connectivity index (χ0v) is 11.6. The van der Waals surface area contributed by atoms with Gasteiger partial charge in [0.25, 0.3) is 0 Å². The van der Waals surface area contributed by atoms with Crippen LogP contribution >= 0.6 is 0 Å². The van der Waals surface area contributed by atoms with E-state index in [-0.39, 0.29) is 5.97 Å². The second-order valence-electron chi connectivity index (χ2n) is 4.80. The number of carbonyl (C=O) groups excluding carboxylic acids is 1. The van der Waals surface area contributed by atoms with Crippen LogP contribution in [-0.4, -0.2) is 33.3 Å². The van der Waals surface area contributed by atoms with Crippen molar-refractivity contribution in [3.8, 4) is 5.75 Å². The fourth-order valence-corrected chi connectivity index (χ4v) is 2.70. The van der Waals surface area contributed by atoms with Crippen LogP contribution in [0, 0.1) is 0 Å². The molecule has 4 heteroatoms. The standard InChI is InChI=1S/C15H21NO3/c1-18-13-5-3-4-11-6-7-12(15(11)13)10-16-9-8-14(17)19-2/h3-5,12,16H,6-10H2,1-2H3. The van der Waals surface area contributed by atoms with Gasteiger partial charge in [-0.1, -0.05) is 12.1 Å². The van der Waals surface area contributed by atoms with Gasteiger partial charge < -0.3 is 14.8 Å². The smallest absolute Gasteiger partial charge is 0.306 e. The lowest BCUT2D eigenvalue weighted by Crippen LogP contribution is -2.24. The second kappa shape index (κ2) is 6.57. The lowest BCUT2D eigenvalue weighted by molar-refractivity contribution is -0.140. The van der Waals surface area contributed by atoms with Crippen molar-refractivity contribution in [2.45, 2.75) is 25.2 Å².